The van der Waals surface area contributed by atoms with Crippen molar-refractivity contribution in [3.05, 3.63) is 53.2 Å². The maximum Gasteiger partial charge on any atom is 0.253 e. The van der Waals surface area contributed by atoms with Gasteiger partial charge in [-0.3, -0.25) is 9.78 Å². The van der Waals surface area contributed by atoms with Crippen LogP contribution >= 0.6 is 11.6 Å². The van der Waals surface area contributed by atoms with E-state index in [1.165, 1.54) is 0 Å². The minimum atomic E-state index is -0.707. The molecule has 1 amide bonds. The van der Waals surface area contributed by atoms with Gasteiger partial charge in [-0.15, -0.1) is 0 Å². The molecule has 0 aliphatic rings. The Morgan fingerprint density at radius 3 is 2.71 bits per heavy atom. The van der Waals surface area contributed by atoms with Crippen LogP contribution in [0.3, 0.4) is 0 Å². The predicted octanol–water partition coefficient (Wildman–Crippen LogP) is 2.90. The summed E-state index contributed by atoms with van der Waals surface area (Å²) in [5.74, 6) is -0.322. The number of aliphatic hydroxyl groups excluding tert-OH is 1. The second kappa shape index (κ2) is 6.24. The van der Waals surface area contributed by atoms with E-state index in [4.69, 9.17) is 11.6 Å². The van der Waals surface area contributed by atoms with Gasteiger partial charge in [0.05, 0.1) is 28.4 Å². The highest BCUT2D eigenvalue weighted by molar-refractivity contribution is 6.34. The van der Waals surface area contributed by atoms with E-state index in [0.717, 1.165) is 11.3 Å². The Labute approximate surface area is 128 Å². The van der Waals surface area contributed by atoms with Gasteiger partial charge in [0.2, 0.25) is 0 Å². The van der Waals surface area contributed by atoms with Crippen LogP contribution in [0.5, 0.6) is 0 Å². The van der Waals surface area contributed by atoms with Crippen molar-refractivity contribution in [2.24, 2.45) is 0 Å². The first-order chi connectivity index (χ1) is 9.93. The van der Waals surface area contributed by atoms with Gasteiger partial charge in [0, 0.05) is 11.8 Å². The summed E-state index contributed by atoms with van der Waals surface area (Å²) in [5, 5.41) is 12.3. The molecule has 0 unspecified atom stereocenters. The fourth-order valence-electron chi connectivity index (χ4n) is 1.81. The van der Waals surface area contributed by atoms with Gasteiger partial charge in [0.1, 0.15) is 0 Å². The number of carbonyl (C=O) groups is 1. The van der Waals surface area contributed by atoms with E-state index in [2.05, 4.69) is 10.3 Å². The topological polar surface area (TPSA) is 62.2 Å². The molecule has 0 aliphatic carbocycles. The molecule has 0 spiro atoms. The third-order valence-corrected chi connectivity index (χ3v) is 3.35. The highest BCUT2D eigenvalue weighted by Crippen LogP contribution is 2.24. The fourth-order valence-corrected chi connectivity index (χ4v) is 2.01. The molecule has 0 radical (unpaired) electrons. The van der Waals surface area contributed by atoms with Crippen molar-refractivity contribution in [1.82, 2.24) is 10.3 Å². The lowest BCUT2D eigenvalue weighted by Gasteiger charge is -2.23. The molecule has 4 nitrogen and oxygen atoms in total. The van der Waals surface area contributed by atoms with E-state index in [1.54, 1.807) is 32.2 Å². The second-order valence-electron chi connectivity index (χ2n) is 5.41. The van der Waals surface area contributed by atoms with Crippen molar-refractivity contribution >= 4 is 17.5 Å². The lowest BCUT2D eigenvalue weighted by atomic mass is 10.0. The van der Waals surface area contributed by atoms with E-state index < -0.39 is 5.54 Å². The number of hydrogen-bond acceptors (Lipinski definition) is 3. The lowest BCUT2D eigenvalue weighted by molar-refractivity contribution is 0.0869. The second-order valence-corrected chi connectivity index (χ2v) is 5.81. The molecule has 0 bridgehead atoms. The Balaban J connectivity index is 2.34. The number of halogens is 1. The van der Waals surface area contributed by atoms with Crippen molar-refractivity contribution < 1.29 is 9.90 Å². The summed E-state index contributed by atoms with van der Waals surface area (Å²) in [4.78, 5) is 16.6. The normalized spacial score (nSPS) is 11.2. The number of hydrogen-bond donors (Lipinski definition) is 2. The number of benzene rings is 1. The van der Waals surface area contributed by atoms with Crippen LogP contribution in [0.15, 0.2) is 42.6 Å². The molecule has 0 atom stereocenters. The number of amides is 1. The lowest BCUT2D eigenvalue weighted by Crippen LogP contribution is -2.46. The van der Waals surface area contributed by atoms with Crippen LogP contribution in [0.4, 0.5) is 0 Å². The van der Waals surface area contributed by atoms with Crippen LogP contribution in [0.25, 0.3) is 11.3 Å². The highest BCUT2D eigenvalue weighted by Gasteiger charge is 2.21. The van der Waals surface area contributed by atoms with Crippen LogP contribution in [0.1, 0.15) is 24.2 Å². The van der Waals surface area contributed by atoms with Crippen LogP contribution < -0.4 is 5.32 Å². The molecule has 1 aromatic heterocycles. The maximum absolute atomic E-state index is 12.3. The molecule has 110 valence electrons. The Hall–Kier alpha value is -1.91. The Kier molecular flexibility index (Phi) is 4.60. The molecule has 0 fully saturated rings. The SMILES string of the molecule is CC(C)(CO)NC(=O)c1cc(-c2ccccn2)ccc1Cl. The number of aromatic nitrogens is 1. The molecule has 2 N–H and O–H groups in total. The highest BCUT2D eigenvalue weighted by atomic mass is 35.5. The molecule has 21 heavy (non-hydrogen) atoms. The van der Waals surface area contributed by atoms with Gasteiger partial charge in [-0.2, -0.15) is 0 Å². The monoisotopic (exact) mass is 304 g/mol. The average Bonchev–Trinajstić information content (AvgIpc) is 2.48. The van der Waals surface area contributed by atoms with Gasteiger partial charge >= 0.3 is 0 Å². The van der Waals surface area contributed by atoms with Crippen molar-refractivity contribution in [3.63, 3.8) is 0 Å². The van der Waals surface area contributed by atoms with Gasteiger partial charge in [0.25, 0.3) is 5.91 Å². The molecule has 0 saturated heterocycles. The molecule has 0 aliphatic heterocycles. The van der Waals surface area contributed by atoms with E-state index in [0.29, 0.717) is 10.6 Å². The molecule has 0 saturated carbocycles. The third-order valence-electron chi connectivity index (χ3n) is 3.02. The Morgan fingerprint density at radius 2 is 2.10 bits per heavy atom. The van der Waals surface area contributed by atoms with Crippen molar-refractivity contribution in [3.8, 4) is 11.3 Å². The fraction of sp³-hybridized carbons (Fsp3) is 0.250. The minimum absolute atomic E-state index is 0.156. The van der Waals surface area contributed by atoms with E-state index in [1.807, 2.05) is 24.3 Å². The first-order valence-electron chi connectivity index (χ1n) is 6.57. The number of nitrogens with zero attached hydrogens (tertiary/aromatic N) is 1. The Bertz CT molecular complexity index is 642. The number of nitrogens with one attached hydrogen (secondary N) is 1. The first-order valence-corrected chi connectivity index (χ1v) is 6.95. The number of rotatable bonds is 4. The van der Waals surface area contributed by atoms with Gasteiger partial charge in [-0.05, 0) is 38.1 Å². The zero-order chi connectivity index (χ0) is 15.5. The smallest absolute Gasteiger partial charge is 0.253 e. The first kappa shape index (κ1) is 15.5. The summed E-state index contributed by atoms with van der Waals surface area (Å²) < 4.78 is 0. The zero-order valence-corrected chi connectivity index (χ0v) is 12.7. The van der Waals surface area contributed by atoms with Gasteiger partial charge in [0.15, 0.2) is 0 Å². The summed E-state index contributed by atoms with van der Waals surface area (Å²) in [6.45, 7) is 3.32. The summed E-state index contributed by atoms with van der Waals surface area (Å²) in [7, 11) is 0. The molecular weight excluding hydrogens is 288 g/mol. The molecular formula is C16H17ClN2O2. The van der Waals surface area contributed by atoms with Crippen LogP contribution in [0, 0.1) is 0 Å². The Morgan fingerprint density at radius 1 is 1.33 bits per heavy atom. The largest absolute Gasteiger partial charge is 0.394 e. The summed E-state index contributed by atoms with van der Waals surface area (Å²) in [6, 6.07) is 10.8. The third kappa shape index (κ3) is 3.80. The van der Waals surface area contributed by atoms with Crippen LogP contribution in [0.2, 0.25) is 5.02 Å². The average molecular weight is 305 g/mol. The van der Waals surface area contributed by atoms with Crippen LogP contribution in [-0.4, -0.2) is 28.1 Å². The molecule has 5 heteroatoms. The summed E-state index contributed by atoms with van der Waals surface area (Å²) >= 11 is 6.11. The quantitative estimate of drug-likeness (QED) is 0.913. The van der Waals surface area contributed by atoms with Gasteiger partial charge < -0.3 is 10.4 Å². The van der Waals surface area contributed by atoms with E-state index in [-0.39, 0.29) is 12.5 Å². The zero-order valence-electron chi connectivity index (χ0n) is 11.9. The number of pyridine rings is 1. The minimum Gasteiger partial charge on any atom is -0.394 e. The van der Waals surface area contributed by atoms with Crippen molar-refractivity contribution in [2.45, 2.75) is 19.4 Å². The van der Waals surface area contributed by atoms with Crippen molar-refractivity contribution in [2.75, 3.05) is 6.61 Å². The van der Waals surface area contributed by atoms with Crippen LogP contribution in [-0.2, 0) is 0 Å². The predicted molar refractivity (Wildman–Crippen MR) is 83.3 cm³/mol. The molecule has 1 aromatic carbocycles. The number of carbonyl (C=O) groups excluding carboxylic acids is 1. The summed E-state index contributed by atoms with van der Waals surface area (Å²) in [5.41, 5.74) is 1.24. The molecule has 2 rings (SSSR count). The summed E-state index contributed by atoms with van der Waals surface area (Å²) in [6.07, 6.45) is 1.69. The van der Waals surface area contributed by atoms with E-state index in [9.17, 15) is 9.90 Å². The molecule has 2 aromatic rings. The van der Waals surface area contributed by atoms with E-state index >= 15 is 0 Å². The standard InChI is InChI=1S/C16H17ClN2O2/c1-16(2,10-20)19-15(21)12-9-11(6-7-13(12)17)14-5-3-4-8-18-14/h3-9,20H,10H2,1-2H3,(H,19,21). The molecule has 1 heterocycles. The van der Waals surface area contributed by atoms with Crippen molar-refractivity contribution in [1.29, 1.82) is 0 Å². The maximum atomic E-state index is 12.3. The van der Waals surface area contributed by atoms with Gasteiger partial charge in [-0.25, -0.2) is 0 Å². The number of aliphatic hydroxyl groups is 1. The van der Waals surface area contributed by atoms with Gasteiger partial charge in [-0.1, -0.05) is 23.7 Å².